The lowest BCUT2D eigenvalue weighted by Gasteiger charge is -2.36. The molecule has 1 saturated heterocycles. The summed E-state index contributed by atoms with van der Waals surface area (Å²) in [7, 11) is 3.33. The Morgan fingerprint density at radius 3 is 2.72 bits per heavy atom. The van der Waals surface area contributed by atoms with Crippen molar-refractivity contribution in [3.05, 3.63) is 17.5 Å². The van der Waals surface area contributed by atoms with Crippen LogP contribution in [0.25, 0.3) is 0 Å². The monoisotopic (exact) mass is 253 g/mol. The van der Waals surface area contributed by atoms with Gasteiger partial charge in [0.25, 0.3) is 0 Å². The van der Waals surface area contributed by atoms with E-state index in [0.717, 1.165) is 0 Å². The summed E-state index contributed by atoms with van der Waals surface area (Å²) in [6, 6.07) is -0.641. The highest BCUT2D eigenvalue weighted by Crippen LogP contribution is 2.30. The second-order valence-corrected chi connectivity index (χ2v) is 4.36. The number of ether oxygens (including phenoxy) is 1. The van der Waals surface area contributed by atoms with Gasteiger partial charge in [-0.25, -0.2) is 4.79 Å². The number of carboxylic acids is 1. The van der Waals surface area contributed by atoms with Crippen molar-refractivity contribution in [2.45, 2.75) is 19.1 Å². The molecule has 1 amide bonds. The largest absolute Gasteiger partial charge is 0.479 e. The van der Waals surface area contributed by atoms with Crippen molar-refractivity contribution >= 4 is 11.9 Å². The third-order valence-electron chi connectivity index (χ3n) is 3.10. The molecule has 18 heavy (non-hydrogen) atoms. The van der Waals surface area contributed by atoms with Crippen molar-refractivity contribution in [3.8, 4) is 0 Å². The Kier molecular flexibility index (Phi) is 3.08. The van der Waals surface area contributed by atoms with Crippen molar-refractivity contribution in [1.29, 1.82) is 0 Å². The standard InChI is InChI=1S/C11H15N3O4/c1-6-7(4-13(2)12-6)9-10(11(16)17)18-5-8(15)14(9)3/h4,9-10H,5H2,1-3H3,(H,16,17). The number of morpholine rings is 1. The summed E-state index contributed by atoms with van der Waals surface area (Å²) >= 11 is 0. The molecule has 2 atom stereocenters. The van der Waals surface area contributed by atoms with Crippen LogP contribution in [0.4, 0.5) is 0 Å². The molecule has 1 aliphatic rings. The van der Waals surface area contributed by atoms with Crippen LogP contribution < -0.4 is 0 Å². The van der Waals surface area contributed by atoms with Gasteiger partial charge in [0.15, 0.2) is 6.10 Å². The number of aliphatic carboxylic acids is 1. The highest BCUT2D eigenvalue weighted by atomic mass is 16.5. The lowest BCUT2D eigenvalue weighted by atomic mass is 9.99. The first kappa shape index (κ1) is 12.6. The summed E-state index contributed by atoms with van der Waals surface area (Å²) in [4.78, 5) is 24.3. The third kappa shape index (κ3) is 1.97. The first-order valence-electron chi connectivity index (χ1n) is 5.52. The number of aromatic nitrogens is 2. The van der Waals surface area contributed by atoms with Crippen LogP contribution in [0, 0.1) is 6.92 Å². The summed E-state index contributed by atoms with van der Waals surface area (Å²) in [5.41, 5.74) is 1.39. The lowest BCUT2D eigenvalue weighted by Crippen LogP contribution is -2.50. The SMILES string of the molecule is Cc1nn(C)cc1C1C(C(=O)O)OCC(=O)N1C. The Balaban J connectivity index is 2.44. The maximum Gasteiger partial charge on any atom is 0.335 e. The number of hydrogen-bond acceptors (Lipinski definition) is 4. The summed E-state index contributed by atoms with van der Waals surface area (Å²) < 4.78 is 6.72. The van der Waals surface area contributed by atoms with Crippen molar-refractivity contribution in [3.63, 3.8) is 0 Å². The first-order valence-corrected chi connectivity index (χ1v) is 5.52. The van der Waals surface area contributed by atoms with E-state index in [0.29, 0.717) is 11.3 Å². The first-order chi connectivity index (χ1) is 8.41. The highest BCUT2D eigenvalue weighted by Gasteiger charge is 2.41. The maximum absolute atomic E-state index is 11.6. The minimum atomic E-state index is -1.08. The van der Waals surface area contributed by atoms with Gasteiger partial charge in [-0.05, 0) is 6.92 Å². The average molecular weight is 253 g/mol. The van der Waals surface area contributed by atoms with E-state index in [9.17, 15) is 14.7 Å². The van der Waals surface area contributed by atoms with E-state index >= 15 is 0 Å². The molecule has 7 nitrogen and oxygen atoms in total. The fourth-order valence-corrected chi connectivity index (χ4v) is 2.20. The molecular weight excluding hydrogens is 238 g/mol. The molecule has 1 fully saturated rings. The van der Waals surface area contributed by atoms with Gasteiger partial charge >= 0.3 is 5.97 Å². The maximum atomic E-state index is 11.6. The fourth-order valence-electron chi connectivity index (χ4n) is 2.20. The molecule has 1 aromatic rings. The van der Waals surface area contributed by atoms with Gasteiger partial charge in [-0.1, -0.05) is 0 Å². The number of amides is 1. The predicted molar refractivity (Wildman–Crippen MR) is 60.8 cm³/mol. The van der Waals surface area contributed by atoms with Crippen LogP contribution in [0.1, 0.15) is 17.3 Å². The van der Waals surface area contributed by atoms with Crippen LogP contribution in [-0.2, 0) is 21.4 Å². The Hall–Kier alpha value is -1.89. The van der Waals surface area contributed by atoms with Gasteiger partial charge < -0.3 is 14.7 Å². The van der Waals surface area contributed by atoms with Gasteiger partial charge in [-0.2, -0.15) is 5.10 Å². The van der Waals surface area contributed by atoms with Crippen LogP contribution in [0.5, 0.6) is 0 Å². The van der Waals surface area contributed by atoms with Crippen LogP contribution in [-0.4, -0.2) is 51.4 Å². The van der Waals surface area contributed by atoms with E-state index in [1.807, 2.05) is 0 Å². The normalized spacial score (nSPS) is 24.4. The fraction of sp³-hybridized carbons (Fsp3) is 0.545. The lowest BCUT2D eigenvalue weighted by molar-refractivity contribution is -0.171. The number of carbonyl (C=O) groups is 2. The summed E-state index contributed by atoms with van der Waals surface area (Å²) in [5.74, 6) is -1.32. The van der Waals surface area contributed by atoms with Crippen LogP contribution in [0.3, 0.4) is 0 Å². The van der Waals surface area contributed by atoms with E-state index in [-0.39, 0.29) is 12.5 Å². The number of carbonyl (C=O) groups excluding carboxylic acids is 1. The van der Waals surface area contributed by atoms with E-state index < -0.39 is 18.1 Å². The molecule has 0 spiro atoms. The number of rotatable bonds is 2. The van der Waals surface area contributed by atoms with Crippen molar-refractivity contribution in [2.75, 3.05) is 13.7 Å². The summed E-state index contributed by atoms with van der Waals surface area (Å²) in [6.07, 6.45) is 0.657. The molecule has 2 unspecified atom stereocenters. The molecule has 2 rings (SSSR count). The smallest absolute Gasteiger partial charge is 0.335 e. The zero-order valence-electron chi connectivity index (χ0n) is 10.5. The van der Waals surface area contributed by atoms with Gasteiger partial charge in [0, 0.05) is 25.9 Å². The van der Waals surface area contributed by atoms with Crippen molar-refractivity contribution in [1.82, 2.24) is 14.7 Å². The zero-order valence-corrected chi connectivity index (χ0v) is 10.5. The van der Waals surface area contributed by atoms with Crippen molar-refractivity contribution < 1.29 is 19.4 Å². The average Bonchev–Trinajstić information content (AvgIpc) is 2.61. The van der Waals surface area contributed by atoms with E-state index in [2.05, 4.69) is 5.10 Å². The molecule has 1 N–H and O–H groups in total. The molecule has 0 radical (unpaired) electrons. The third-order valence-corrected chi connectivity index (χ3v) is 3.10. The zero-order chi connectivity index (χ0) is 13.4. The topological polar surface area (TPSA) is 84.7 Å². The Morgan fingerprint density at radius 1 is 1.56 bits per heavy atom. The Bertz CT molecular complexity index is 496. The molecule has 98 valence electrons. The molecule has 0 aliphatic carbocycles. The van der Waals surface area contributed by atoms with Gasteiger partial charge in [-0.15, -0.1) is 0 Å². The molecular formula is C11H15N3O4. The van der Waals surface area contributed by atoms with E-state index in [4.69, 9.17) is 4.74 Å². The molecule has 7 heteroatoms. The van der Waals surface area contributed by atoms with E-state index in [1.54, 1.807) is 31.9 Å². The second kappa shape index (κ2) is 4.41. The van der Waals surface area contributed by atoms with Gasteiger partial charge in [0.2, 0.25) is 5.91 Å². The van der Waals surface area contributed by atoms with Gasteiger partial charge in [0.05, 0.1) is 11.7 Å². The van der Waals surface area contributed by atoms with Gasteiger partial charge in [-0.3, -0.25) is 9.48 Å². The van der Waals surface area contributed by atoms with Gasteiger partial charge in [0.1, 0.15) is 6.61 Å². The molecule has 1 aliphatic heterocycles. The molecule has 1 aromatic heterocycles. The highest BCUT2D eigenvalue weighted by molar-refractivity contribution is 5.82. The summed E-state index contributed by atoms with van der Waals surface area (Å²) in [6.45, 7) is 1.57. The molecule has 0 bridgehead atoms. The molecule has 0 saturated carbocycles. The number of carboxylic acid groups (broad SMARTS) is 1. The Labute approximate surface area is 104 Å². The van der Waals surface area contributed by atoms with Crippen LogP contribution in [0.15, 0.2) is 6.20 Å². The van der Waals surface area contributed by atoms with Crippen LogP contribution >= 0.6 is 0 Å². The predicted octanol–water partition coefficient (Wildman–Crippen LogP) is -0.289. The number of aryl methyl sites for hydroxylation is 2. The minimum absolute atomic E-state index is 0.205. The minimum Gasteiger partial charge on any atom is -0.479 e. The summed E-state index contributed by atoms with van der Waals surface area (Å²) in [5, 5.41) is 13.4. The Morgan fingerprint density at radius 2 is 2.22 bits per heavy atom. The molecule has 0 aromatic carbocycles. The van der Waals surface area contributed by atoms with E-state index in [1.165, 1.54) is 4.90 Å². The number of hydrogen-bond donors (Lipinski definition) is 1. The van der Waals surface area contributed by atoms with Crippen molar-refractivity contribution in [2.24, 2.45) is 7.05 Å². The number of likely N-dealkylation sites (N-methyl/N-ethyl adjacent to an activating group) is 1. The second-order valence-electron chi connectivity index (χ2n) is 4.36. The quantitative estimate of drug-likeness (QED) is 0.783. The molecule has 2 heterocycles. The number of nitrogens with zero attached hydrogens (tertiary/aromatic N) is 3. The van der Waals surface area contributed by atoms with Crippen LogP contribution in [0.2, 0.25) is 0 Å².